The Morgan fingerprint density at radius 3 is 1.90 bits per heavy atom. The van der Waals surface area contributed by atoms with Gasteiger partial charge in [0.2, 0.25) is 5.89 Å². The molecule has 4 aromatic rings. The third kappa shape index (κ3) is 4.24. The van der Waals surface area contributed by atoms with Crippen LogP contribution in [0.3, 0.4) is 0 Å². The standard InChI is InChI=1S/C26H26FNO2Si/c1-26(2,3)31(23-10-6-4-7-11-23,24-12-8-5-9-13-24)29-19-22-18-28-25(30-22)20-14-16-21(27)17-15-20/h4-18H,19H2,1-3H3. The highest BCUT2D eigenvalue weighted by molar-refractivity contribution is 6.99. The number of hydrogen-bond donors (Lipinski definition) is 0. The first-order valence-corrected chi connectivity index (χ1v) is 12.3. The molecule has 1 aromatic heterocycles. The Morgan fingerprint density at radius 1 is 0.839 bits per heavy atom. The zero-order chi connectivity index (χ0) is 21.9. The summed E-state index contributed by atoms with van der Waals surface area (Å²) in [6.45, 7) is 7.03. The van der Waals surface area contributed by atoms with E-state index in [0.717, 1.165) is 5.56 Å². The molecule has 0 bridgehead atoms. The number of nitrogens with zero attached hydrogens (tertiary/aromatic N) is 1. The molecular weight excluding hydrogens is 405 g/mol. The van der Waals surface area contributed by atoms with Gasteiger partial charge in [-0.05, 0) is 39.7 Å². The van der Waals surface area contributed by atoms with E-state index in [-0.39, 0.29) is 10.9 Å². The van der Waals surface area contributed by atoms with Crippen LogP contribution in [0.1, 0.15) is 26.5 Å². The predicted octanol–water partition coefficient (Wildman–Crippen LogP) is 5.56. The van der Waals surface area contributed by atoms with Gasteiger partial charge in [0.05, 0.1) is 12.8 Å². The highest BCUT2D eigenvalue weighted by Crippen LogP contribution is 2.37. The van der Waals surface area contributed by atoms with Crippen LogP contribution < -0.4 is 10.4 Å². The summed E-state index contributed by atoms with van der Waals surface area (Å²) in [6, 6.07) is 27.1. The normalized spacial score (nSPS) is 12.1. The molecule has 0 fully saturated rings. The monoisotopic (exact) mass is 431 g/mol. The molecule has 0 saturated carbocycles. The molecular formula is C26H26FNO2Si. The van der Waals surface area contributed by atoms with Crippen molar-refractivity contribution in [2.45, 2.75) is 32.4 Å². The van der Waals surface area contributed by atoms with Gasteiger partial charge >= 0.3 is 0 Å². The molecule has 0 unspecified atom stereocenters. The summed E-state index contributed by atoms with van der Waals surface area (Å²) in [7, 11) is -2.65. The number of halogens is 1. The van der Waals surface area contributed by atoms with Crippen molar-refractivity contribution in [3.8, 4) is 11.5 Å². The number of rotatable bonds is 6. The van der Waals surface area contributed by atoms with Crippen molar-refractivity contribution < 1.29 is 13.2 Å². The summed E-state index contributed by atoms with van der Waals surface area (Å²) in [6.07, 6.45) is 1.69. The summed E-state index contributed by atoms with van der Waals surface area (Å²) in [5.74, 6) is 0.818. The summed E-state index contributed by atoms with van der Waals surface area (Å²) < 4.78 is 26.0. The topological polar surface area (TPSA) is 35.3 Å². The average Bonchev–Trinajstić information content (AvgIpc) is 3.24. The first-order valence-electron chi connectivity index (χ1n) is 10.4. The second kappa shape index (κ2) is 8.61. The Bertz CT molecular complexity index is 1080. The maximum absolute atomic E-state index is 13.2. The fourth-order valence-electron chi connectivity index (χ4n) is 4.04. The average molecular weight is 432 g/mol. The van der Waals surface area contributed by atoms with Crippen molar-refractivity contribution in [3.05, 3.63) is 103 Å². The van der Waals surface area contributed by atoms with Gasteiger partial charge in [0, 0.05) is 5.56 Å². The van der Waals surface area contributed by atoms with Gasteiger partial charge in [-0.1, -0.05) is 81.4 Å². The molecule has 4 rings (SSSR count). The van der Waals surface area contributed by atoms with Crippen LogP contribution in [0.4, 0.5) is 4.39 Å². The number of oxazole rings is 1. The maximum Gasteiger partial charge on any atom is 0.261 e. The molecule has 3 aromatic carbocycles. The zero-order valence-electron chi connectivity index (χ0n) is 18.0. The minimum atomic E-state index is -2.65. The molecule has 31 heavy (non-hydrogen) atoms. The van der Waals surface area contributed by atoms with E-state index in [9.17, 15) is 4.39 Å². The van der Waals surface area contributed by atoms with Crippen LogP contribution in [0, 0.1) is 5.82 Å². The minimum Gasteiger partial charge on any atom is -0.439 e. The van der Waals surface area contributed by atoms with Gasteiger partial charge in [0.25, 0.3) is 8.32 Å². The summed E-state index contributed by atoms with van der Waals surface area (Å²) >= 11 is 0. The lowest BCUT2D eigenvalue weighted by molar-refractivity contribution is 0.255. The van der Waals surface area contributed by atoms with E-state index in [1.807, 2.05) is 12.1 Å². The van der Waals surface area contributed by atoms with E-state index in [0.29, 0.717) is 18.3 Å². The van der Waals surface area contributed by atoms with Crippen LogP contribution in [0.15, 0.2) is 95.5 Å². The van der Waals surface area contributed by atoms with Crippen LogP contribution in [-0.4, -0.2) is 13.3 Å². The molecule has 5 heteroatoms. The highest BCUT2D eigenvalue weighted by atomic mass is 28.4. The highest BCUT2D eigenvalue weighted by Gasteiger charge is 2.50. The molecule has 0 aliphatic carbocycles. The Kier molecular flexibility index (Phi) is 5.89. The lowest BCUT2D eigenvalue weighted by atomic mass is 10.2. The Morgan fingerprint density at radius 2 is 1.39 bits per heavy atom. The Hall–Kier alpha value is -3.02. The van der Waals surface area contributed by atoms with E-state index in [4.69, 9.17) is 8.84 Å². The van der Waals surface area contributed by atoms with E-state index in [1.165, 1.54) is 22.5 Å². The largest absolute Gasteiger partial charge is 0.439 e. The van der Waals surface area contributed by atoms with Crippen LogP contribution in [-0.2, 0) is 11.0 Å². The van der Waals surface area contributed by atoms with Crippen LogP contribution in [0.2, 0.25) is 5.04 Å². The van der Waals surface area contributed by atoms with Crippen molar-refractivity contribution in [2.24, 2.45) is 0 Å². The number of benzene rings is 3. The molecule has 0 aliphatic heterocycles. The minimum absolute atomic E-state index is 0.116. The third-order valence-corrected chi connectivity index (χ3v) is 10.5. The second-order valence-electron chi connectivity index (χ2n) is 8.59. The van der Waals surface area contributed by atoms with Crippen molar-refractivity contribution in [1.29, 1.82) is 0 Å². The van der Waals surface area contributed by atoms with Crippen molar-refractivity contribution in [2.75, 3.05) is 0 Å². The smallest absolute Gasteiger partial charge is 0.261 e. The van der Waals surface area contributed by atoms with Gasteiger partial charge in [-0.25, -0.2) is 9.37 Å². The SMILES string of the molecule is CC(C)(C)[Si](OCc1cnc(-c2ccc(F)cc2)o1)(c1ccccc1)c1ccccc1. The quantitative estimate of drug-likeness (QED) is 0.375. The first kappa shape index (κ1) is 21.2. The zero-order valence-corrected chi connectivity index (χ0v) is 19.0. The van der Waals surface area contributed by atoms with Crippen molar-refractivity contribution in [3.63, 3.8) is 0 Å². The molecule has 3 nitrogen and oxygen atoms in total. The molecule has 0 aliphatic rings. The molecule has 1 heterocycles. The molecule has 0 saturated heterocycles. The van der Waals surface area contributed by atoms with Gasteiger partial charge in [0.1, 0.15) is 11.6 Å². The third-order valence-electron chi connectivity index (χ3n) is 5.49. The van der Waals surface area contributed by atoms with E-state index in [2.05, 4.69) is 74.3 Å². The fraction of sp³-hybridized carbons (Fsp3) is 0.192. The lowest BCUT2D eigenvalue weighted by Gasteiger charge is -2.42. The van der Waals surface area contributed by atoms with E-state index >= 15 is 0 Å². The van der Waals surface area contributed by atoms with Gasteiger partial charge in [-0.3, -0.25) is 0 Å². The van der Waals surface area contributed by atoms with E-state index in [1.54, 1.807) is 18.3 Å². The molecule has 158 valence electrons. The van der Waals surface area contributed by atoms with Crippen molar-refractivity contribution in [1.82, 2.24) is 4.98 Å². The molecule has 0 spiro atoms. The second-order valence-corrected chi connectivity index (χ2v) is 12.9. The molecule has 0 amide bonds. The fourth-order valence-corrected chi connectivity index (χ4v) is 8.56. The molecule has 0 atom stereocenters. The number of aromatic nitrogens is 1. The first-order chi connectivity index (χ1) is 14.9. The molecule has 0 radical (unpaired) electrons. The van der Waals surface area contributed by atoms with Crippen LogP contribution >= 0.6 is 0 Å². The van der Waals surface area contributed by atoms with Crippen LogP contribution in [0.5, 0.6) is 0 Å². The van der Waals surface area contributed by atoms with Gasteiger partial charge in [-0.2, -0.15) is 0 Å². The Balaban J connectivity index is 1.70. The number of hydrogen-bond acceptors (Lipinski definition) is 3. The predicted molar refractivity (Wildman–Crippen MR) is 124 cm³/mol. The Labute approximate surface area is 183 Å². The van der Waals surface area contributed by atoms with Gasteiger partial charge in [-0.15, -0.1) is 0 Å². The van der Waals surface area contributed by atoms with Crippen LogP contribution in [0.25, 0.3) is 11.5 Å². The summed E-state index contributed by atoms with van der Waals surface area (Å²) in [5, 5.41) is 2.31. The van der Waals surface area contributed by atoms with Gasteiger partial charge < -0.3 is 8.84 Å². The maximum atomic E-state index is 13.2. The summed E-state index contributed by atoms with van der Waals surface area (Å²) in [4.78, 5) is 4.37. The lowest BCUT2D eigenvalue weighted by Crippen LogP contribution is -2.66. The molecule has 0 N–H and O–H groups in total. The van der Waals surface area contributed by atoms with Crippen molar-refractivity contribution >= 4 is 18.7 Å². The summed E-state index contributed by atoms with van der Waals surface area (Å²) in [5.41, 5.74) is 0.734. The van der Waals surface area contributed by atoms with Gasteiger partial charge in [0.15, 0.2) is 0 Å². The van der Waals surface area contributed by atoms with E-state index < -0.39 is 8.32 Å².